The largest absolute Gasteiger partial charge is 0.475 e. The number of carbonyl (C=O) groups excluding carboxylic acids is 1. The van der Waals surface area contributed by atoms with Crippen LogP contribution in [0.1, 0.15) is 31.2 Å². The highest BCUT2D eigenvalue weighted by molar-refractivity contribution is 5.93. The molecular weight excluding hydrogens is 503 g/mol. The van der Waals surface area contributed by atoms with Crippen molar-refractivity contribution in [1.82, 2.24) is 25.5 Å². The number of aliphatic hydroxyl groups is 1. The van der Waals surface area contributed by atoms with Gasteiger partial charge in [0.25, 0.3) is 0 Å². The van der Waals surface area contributed by atoms with Crippen molar-refractivity contribution >= 4 is 22.8 Å². The molecule has 0 unspecified atom stereocenters. The van der Waals surface area contributed by atoms with Gasteiger partial charge in [0.05, 0.1) is 24.2 Å². The van der Waals surface area contributed by atoms with E-state index in [0.717, 1.165) is 36.6 Å². The number of ether oxygens (including phenoxy) is 2. The third-order valence-electron chi connectivity index (χ3n) is 6.66. The Kier molecular flexibility index (Phi) is 8.28. The first kappa shape index (κ1) is 26.5. The maximum Gasteiger partial charge on any atom is 0.319 e. The van der Waals surface area contributed by atoms with Gasteiger partial charge < -0.3 is 25.2 Å². The molecule has 1 aliphatic rings. The van der Waals surface area contributed by atoms with Gasteiger partial charge >= 0.3 is 6.03 Å². The second-order valence-electron chi connectivity index (χ2n) is 9.48. The highest BCUT2D eigenvalue weighted by Gasteiger charge is 2.18. The van der Waals surface area contributed by atoms with Gasteiger partial charge in [-0.1, -0.05) is 0 Å². The number of benzene rings is 1. The van der Waals surface area contributed by atoms with E-state index in [-0.39, 0.29) is 24.9 Å². The van der Waals surface area contributed by atoms with Crippen LogP contribution < -0.4 is 15.4 Å². The first-order chi connectivity index (χ1) is 19.0. The lowest BCUT2D eigenvalue weighted by Crippen LogP contribution is -2.39. The topological polar surface area (TPSA) is 134 Å². The zero-order valence-electron chi connectivity index (χ0n) is 21.7. The third-order valence-corrected chi connectivity index (χ3v) is 6.66. The molecule has 10 nitrogen and oxygen atoms in total. The lowest BCUT2D eigenvalue weighted by atomic mass is 9.98. The number of aromatic nitrogens is 4. The average Bonchev–Trinajstić information content (AvgIpc) is 3.39. The van der Waals surface area contributed by atoms with E-state index in [1.165, 1.54) is 6.07 Å². The number of carbonyl (C=O) groups is 1. The molecule has 3 aromatic heterocycles. The summed E-state index contributed by atoms with van der Waals surface area (Å²) in [7, 11) is 0. The molecule has 1 saturated heterocycles. The van der Waals surface area contributed by atoms with E-state index >= 15 is 0 Å². The number of urea groups is 1. The Labute approximate surface area is 225 Å². The molecule has 11 heteroatoms. The Hall–Kier alpha value is -4.09. The second-order valence-corrected chi connectivity index (χ2v) is 9.48. The van der Waals surface area contributed by atoms with Crippen molar-refractivity contribution in [2.24, 2.45) is 0 Å². The van der Waals surface area contributed by atoms with Crippen LogP contribution in [0.3, 0.4) is 0 Å². The minimum atomic E-state index is -0.530. The number of aryl methyl sites for hydroxylation is 1. The normalized spacial score (nSPS) is 14.5. The number of anilines is 1. The zero-order chi connectivity index (χ0) is 27.2. The Balaban J connectivity index is 1.47. The number of hydrogen-bond acceptors (Lipinski definition) is 7. The molecule has 4 N–H and O–H groups in total. The molecule has 1 fully saturated rings. The van der Waals surface area contributed by atoms with Gasteiger partial charge in [-0.15, -0.1) is 0 Å². The Bertz CT molecular complexity index is 1450. The van der Waals surface area contributed by atoms with E-state index in [0.29, 0.717) is 47.1 Å². The van der Waals surface area contributed by atoms with E-state index in [4.69, 9.17) is 9.47 Å². The molecule has 0 aliphatic carbocycles. The molecule has 0 saturated carbocycles. The van der Waals surface area contributed by atoms with E-state index in [2.05, 4.69) is 30.8 Å². The Morgan fingerprint density at radius 1 is 1.21 bits per heavy atom. The van der Waals surface area contributed by atoms with Crippen LogP contribution in [0.4, 0.5) is 14.9 Å². The summed E-state index contributed by atoms with van der Waals surface area (Å²) in [5, 5.41) is 22.7. The molecule has 0 spiro atoms. The summed E-state index contributed by atoms with van der Waals surface area (Å²) in [4.78, 5) is 21.7. The van der Waals surface area contributed by atoms with Crippen molar-refractivity contribution in [1.29, 1.82) is 0 Å². The number of nitrogens with zero attached hydrogens (tertiary/aromatic N) is 3. The molecule has 5 rings (SSSR count). The Morgan fingerprint density at radius 3 is 2.82 bits per heavy atom. The number of rotatable bonds is 7. The molecule has 0 atom stereocenters. The van der Waals surface area contributed by atoms with Crippen LogP contribution in [0.25, 0.3) is 33.4 Å². The summed E-state index contributed by atoms with van der Waals surface area (Å²) in [6.45, 7) is 3.05. The van der Waals surface area contributed by atoms with Crippen molar-refractivity contribution in [3.05, 3.63) is 54.1 Å². The lowest BCUT2D eigenvalue weighted by Gasteiger charge is -2.22. The maximum atomic E-state index is 15.0. The predicted octanol–water partition coefficient (Wildman–Crippen LogP) is 4.59. The van der Waals surface area contributed by atoms with Crippen molar-refractivity contribution in [3.8, 4) is 28.3 Å². The summed E-state index contributed by atoms with van der Waals surface area (Å²) < 4.78 is 26.1. The van der Waals surface area contributed by atoms with E-state index < -0.39 is 11.8 Å². The van der Waals surface area contributed by atoms with Crippen LogP contribution in [-0.2, 0) is 4.74 Å². The molecule has 2 amide bonds. The summed E-state index contributed by atoms with van der Waals surface area (Å²) in [6, 6.07) is 8.00. The van der Waals surface area contributed by atoms with Crippen LogP contribution >= 0.6 is 0 Å². The van der Waals surface area contributed by atoms with Gasteiger partial charge in [0, 0.05) is 42.5 Å². The van der Waals surface area contributed by atoms with Crippen molar-refractivity contribution < 1.29 is 23.8 Å². The van der Waals surface area contributed by atoms with E-state index in [1.54, 1.807) is 31.5 Å². The van der Waals surface area contributed by atoms with Crippen LogP contribution in [0.15, 0.2) is 42.7 Å². The fourth-order valence-electron chi connectivity index (χ4n) is 4.77. The first-order valence-electron chi connectivity index (χ1n) is 13.0. The number of fused-ring (bicyclic) bond motifs is 1. The standard InChI is InChI=1S/C28H31FN6O4/c1-17-12-23(29)25(34-28(37)32-19-4-2-9-38-10-3-5-19)15-21(17)18-13-24(33-26(14-18)39-11-8-36)20-6-7-30-27-22(20)16-31-35-27/h6-7,12-16,19,36H,2-5,8-11H2,1H3,(H,30,31,35)(H2,32,34,37). The summed E-state index contributed by atoms with van der Waals surface area (Å²) >= 11 is 0. The smallest absolute Gasteiger partial charge is 0.319 e. The van der Waals surface area contributed by atoms with Crippen LogP contribution in [0.5, 0.6) is 5.88 Å². The van der Waals surface area contributed by atoms with Gasteiger partial charge in [-0.25, -0.2) is 19.2 Å². The van der Waals surface area contributed by atoms with Gasteiger partial charge in [0.2, 0.25) is 5.88 Å². The maximum absolute atomic E-state index is 15.0. The van der Waals surface area contributed by atoms with Gasteiger partial charge in [-0.3, -0.25) is 5.10 Å². The molecule has 204 valence electrons. The zero-order valence-corrected chi connectivity index (χ0v) is 21.7. The molecule has 4 heterocycles. The molecule has 39 heavy (non-hydrogen) atoms. The number of H-pyrrole nitrogens is 1. The predicted molar refractivity (Wildman–Crippen MR) is 145 cm³/mol. The number of hydrogen-bond donors (Lipinski definition) is 4. The molecule has 1 aliphatic heterocycles. The number of pyridine rings is 2. The number of amides is 2. The summed E-state index contributed by atoms with van der Waals surface area (Å²) in [6.07, 6.45) is 6.68. The fraction of sp³-hybridized carbons (Fsp3) is 0.357. The molecule has 4 aromatic rings. The summed E-state index contributed by atoms with van der Waals surface area (Å²) in [5.74, 6) is -0.230. The van der Waals surface area contributed by atoms with E-state index in [1.807, 2.05) is 12.1 Å². The van der Waals surface area contributed by atoms with E-state index in [9.17, 15) is 14.3 Å². The van der Waals surface area contributed by atoms with Gasteiger partial charge in [-0.05, 0) is 73.6 Å². The first-order valence-corrected chi connectivity index (χ1v) is 13.0. The monoisotopic (exact) mass is 534 g/mol. The average molecular weight is 535 g/mol. The van der Waals surface area contributed by atoms with Crippen LogP contribution in [0.2, 0.25) is 0 Å². The van der Waals surface area contributed by atoms with Crippen molar-refractivity contribution in [3.63, 3.8) is 0 Å². The molecule has 0 radical (unpaired) electrons. The van der Waals surface area contributed by atoms with Crippen LogP contribution in [-0.4, -0.2) is 63.8 Å². The van der Waals surface area contributed by atoms with Gasteiger partial charge in [0.15, 0.2) is 5.65 Å². The quantitative estimate of drug-likeness (QED) is 0.273. The van der Waals surface area contributed by atoms with Crippen molar-refractivity contribution in [2.75, 3.05) is 31.7 Å². The lowest BCUT2D eigenvalue weighted by molar-refractivity contribution is 0.110. The highest BCUT2D eigenvalue weighted by Crippen LogP contribution is 2.35. The van der Waals surface area contributed by atoms with Crippen molar-refractivity contribution in [2.45, 2.75) is 38.6 Å². The molecule has 1 aromatic carbocycles. The Morgan fingerprint density at radius 2 is 2.03 bits per heavy atom. The minimum Gasteiger partial charge on any atom is -0.475 e. The number of halogens is 1. The fourth-order valence-corrected chi connectivity index (χ4v) is 4.77. The van der Waals surface area contributed by atoms with Crippen LogP contribution in [0, 0.1) is 12.7 Å². The number of aliphatic hydroxyl groups excluding tert-OH is 1. The molecule has 0 bridgehead atoms. The number of nitrogens with one attached hydrogen (secondary N) is 3. The second kappa shape index (κ2) is 12.2. The third kappa shape index (κ3) is 6.32. The summed E-state index contributed by atoms with van der Waals surface area (Å²) in [5.41, 5.74) is 4.15. The van der Waals surface area contributed by atoms with Gasteiger partial charge in [0.1, 0.15) is 12.4 Å². The SMILES string of the molecule is Cc1cc(F)c(NC(=O)NC2CCCOCCC2)cc1-c1cc(OCCO)nc(-c2ccnc3[nH]ncc23)c1. The minimum absolute atomic E-state index is 0.0102. The van der Waals surface area contributed by atoms with Gasteiger partial charge in [-0.2, -0.15) is 5.10 Å². The molecular formula is C28H31FN6O4. The highest BCUT2D eigenvalue weighted by atomic mass is 19.1. The number of aromatic amines is 1.